The molecule has 32 heavy (non-hydrogen) atoms. The van der Waals surface area contributed by atoms with Gasteiger partial charge in [0, 0.05) is 5.69 Å². The van der Waals surface area contributed by atoms with E-state index in [-0.39, 0.29) is 12.2 Å². The predicted molar refractivity (Wildman–Crippen MR) is 126 cm³/mol. The lowest BCUT2D eigenvalue weighted by atomic mass is 10.1. The average Bonchev–Trinajstić information content (AvgIpc) is 2.77. The first-order chi connectivity index (χ1) is 15.4. The highest BCUT2D eigenvalue weighted by molar-refractivity contribution is 9.10. The van der Waals surface area contributed by atoms with Crippen LogP contribution in [0.25, 0.3) is 6.08 Å². The van der Waals surface area contributed by atoms with Gasteiger partial charge in [0.2, 0.25) is 0 Å². The van der Waals surface area contributed by atoms with Gasteiger partial charge in [0.1, 0.15) is 18.2 Å². The molecule has 0 saturated carbocycles. The Morgan fingerprint density at radius 2 is 1.88 bits per heavy atom. The molecule has 0 heterocycles. The third-order valence-corrected chi connectivity index (χ3v) is 4.60. The molecule has 2 rings (SSSR count). The Hall–Kier alpha value is -3.57. The zero-order valence-electron chi connectivity index (χ0n) is 17.8. The van der Waals surface area contributed by atoms with Crippen molar-refractivity contribution in [3.05, 3.63) is 70.2 Å². The highest BCUT2D eigenvalue weighted by atomic mass is 79.9. The van der Waals surface area contributed by atoms with Crippen molar-refractivity contribution in [1.29, 1.82) is 5.26 Å². The van der Waals surface area contributed by atoms with Gasteiger partial charge >= 0.3 is 5.97 Å². The Balaban J connectivity index is 2.24. The maximum absolute atomic E-state index is 12.6. The van der Waals surface area contributed by atoms with Crippen LogP contribution < -0.4 is 14.8 Å². The van der Waals surface area contributed by atoms with E-state index < -0.39 is 11.9 Å². The molecule has 0 aromatic heterocycles. The van der Waals surface area contributed by atoms with Crippen molar-refractivity contribution in [1.82, 2.24) is 0 Å². The highest BCUT2D eigenvalue weighted by Gasteiger charge is 2.15. The van der Waals surface area contributed by atoms with E-state index in [0.717, 1.165) is 0 Å². The van der Waals surface area contributed by atoms with E-state index in [1.54, 1.807) is 37.3 Å². The van der Waals surface area contributed by atoms with Crippen molar-refractivity contribution in [3.63, 3.8) is 0 Å². The number of hydrogen-bond acceptors (Lipinski definition) is 6. The molecular weight excluding hydrogens is 476 g/mol. The fourth-order valence-corrected chi connectivity index (χ4v) is 3.21. The monoisotopic (exact) mass is 498 g/mol. The van der Waals surface area contributed by atoms with Crippen LogP contribution in [0, 0.1) is 11.3 Å². The molecule has 0 unspecified atom stereocenters. The summed E-state index contributed by atoms with van der Waals surface area (Å²) in [5, 5.41) is 12.1. The molecule has 2 aromatic carbocycles. The van der Waals surface area contributed by atoms with Crippen LogP contribution in [0.5, 0.6) is 11.5 Å². The van der Waals surface area contributed by atoms with E-state index in [4.69, 9.17) is 14.2 Å². The van der Waals surface area contributed by atoms with E-state index in [1.807, 2.05) is 13.0 Å². The van der Waals surface area contributed by atoms with Crippen molar-refractivity contribution < 1.29 is 23.8 Å². The molecule has 1 N–H and O–H groups in total. The first kappa shape index (κ1) is 24.7. The number of hydrogen-bond donors (Lipinski definition) is 1. The maximum Gasteiger partial charge on any atom is 0.338 e. The number of nitrogens with zero attached hydrogens (tertiary/aromatic N) is 1. The van der Waals surface area contributed by atoms with Gasteiger partial charge in [-0.2, -0.15) is 5.26 Å². The molecule has 1 amide bonds. The van der Waals surface area contributed by atoms with Crippen LogP contribution in [-0.2, 0) is 9.53 Å². The second-order valence-electron chi connectivity index (χ2n) is 6.28. The summed E-state index contributed by atoms with van der Waals surface area (Å²) in [6, 6.07) is 11.5. The summed E-state index contributed by atoms with van der Waals surface area (Å²) in [4.78, 5) is 24.3. The van der Waals surface area contributed by atoms with Crippen molar-refractivity contribution >= 4 is 39.6 Å². The molecule has 0 saturated heterocycles. The van der Waals surface area contributed by atoms with Crippen molar-refractivity contribution in [2.75, 3.05) is 25.1 Å². The number of halogens is 1. The molecule has 0 fully saturated rings. The van der Waals surface area contributed by atoms with Crippen molar-refractivity contribution in [2.24, 2.45) is 0 Å². The van der Waals surface area contributed by atoms with Gasteiger partial charge in [-0.25, -0.2) is 4.79 Å². The largest absolute Gasteiger partial charge is 0.490 e. The summed E-state index contributed by atoms with van der Waals surface area (Å²) < 4.78 is 16.8. The zero-order chi connectivity index (χ0) is 23.5. The summed E-state index contributed by atoms with van der Waals surface area (Å²) in [6.45, 7) is 8.18. The topological polar surface area (TPSA) is 97.7 Å². The second-order valence-corrected chi connectivity index (χ2v) is 7.14. The second kappa shape index (κ2) is 12.3. The van der Waals surface area contributed by atoms with Crippen LogP contribution in [-0.4, -0.2) is 31.7 Å². The van der Waals surface area contributed by atoms with Crippen LogP contribution in [0.2, 0.25) is 0 Å². The molecule has 0 aliphatic heterocycles. The Labute approximate surface area is 195 Å². The van der Waals surface area contributed by atoms with Crippen LogP contribution in [0.4, 0.5) is 5.69 Å². The number of ether oxygens (including phenoxy) is 3. The van der Waals surface area contributed by atoms with Crippen LogP contribution in [0.1, 0.15) is 29.8 Å². The van der Waals surface area contributed by atoms with Gasteiger partial charge in [-0.15, -0.1) is 0 Å². The standard InChI is InChI=1S/C24H23BrN2O5/c1-4-11-32-22-20(25)13-16(14-21(22)30-5-2)12-18(15-26)23(28)27-19-9-7-17(8-10-19)24(29)31-6-3/h4,7-10,12-14H,1,5-6,11H2,2-3H3,(H,27,28)/b18-12+. The fraction of sp³-hybridized carbons (Fsp3) is 0.208. The van der Waals surface area contributed by atoms with Gasteiger partial charge in [0.05, 0.1) is 23.2 Å². The first-order valence-electron chi connectivity index (χ1n) is 9.83. The number of nitriles is 1. The van der Waals surface area contributed by atoms with E-state index in [2.05, 4.69) is 27.8 Å². The lowest BCUT2D eigenvalue weighted by Gasteiger charge is -2.14. The van der Waals surface area contributed by atoms with E-state index in [0.29, 0.717) is 46.0 Å². The smallest absolute Gasteiger partial charge is 0.338 e. The molecule has 0 atom stereocenters. The number of amides is 1. The number of carbonyl (C=O) groups excluding carboxylic acids is 2. The van der Waals surface area contributed by atoms with Gasteiger partial charge in [0.25, 0.3) is 5.91 Å². The summed E-state index contributed by atoms with van der Waals surface area (Å²) in [6.07, 6.45) is 3.07. The molecule has 0 bridgehead atoms. The number of benzene rings is 2. The van der Waals surface area contributed by atoms with E-state index in [9.17, 15) is 14.9 Å². The van der Waals surface area contributed by atoms with Crippen LogP contribution >= 0.6 is 15.9 Å². The molecule has 0 radical (unpaired) electrons. The Kier molecular flexibility index (Phi) is 9.51. The number of nitrogens with one attached hydrogen (secondary N) is 1. The van der Waals surface area contributed by atoms with Crippen molar-refractivity contribution in [3.8, 4) is 17.6 Å². The summed E-state index contributed by atoms with van der Waals surface area (Å²) in [5.41, 5.74) is 1.28. The minimum Gasteiger partial charge on any atom is -0.490 e. The lowest BCUT2D eigenvalue weighted by molar-refractivity contribution is -0.112. The fourth-order valence-electron chi connectivity index (χ4n) is 2.63. The molecule has 8 heteroatoms. The Morgan fingerprint density at radius 3 is 2.47 bits per heavy atom. The van der Waals surface area contributed by atoms with Gasteiger partial charge in [-0.05, 0) is 77.8 Å². The number of carbonyl (C=O) groups is 2. The molecule has 0 aliphatic carbocycles. The molecule has 166 valence electrons. The van der Waals surface area contributed by atoms with Gasteiger partial charge in [-0.1, -0.05) is 12.7 Å². The molecule has 2 aromatic rings. The number of anilines is 1. The minimum atomic E-state index is -0.586. The third-order valence-electron chi connectivity index (χ3n) is 4.01. The molecule has 0 spiro atoms. The van der Waals surface area contributed by atoms with Crippen LogP contribution in [0.15, 0.2) is 59.1 Å². The lowest BCUT2D eigenvalue weighted by Crippen LogP contribution is -2.13. The molecule has 0 aliphatic rings. The van der Waals surface area contributed by atoms with Gasteiger partial charge in [-0.3, -0.25) is 4.79 Å². The third kappa shape index (κ3) is 6.72. The molecule has 7 nitrogen and oxygen atoms in total. The first-order valence-corrected chi connectivity index (χ1v) is 10.6. The van der Waals surface area contributed by atoms with Crippen LogP contribution in [0.3, 0.4) is 0 Å². The molecular formula is C24H23BrN2O5. The Morgan fingerprint density at radius 1 is 1.16 bits per heavy atom. The maximum atomic E-state index is 12.6. The Bertz CT molecular complexity index is 1060. The van der Waals surface area contributed by atoms with Gasteiger partial charge in [0.15, 0.2) is 11.5 Å². The number of esters is 1. The van der Waals surface area contributed by atoms with Gasteiger partial charge < -0.3 is 19.5 Å². The number of rotatable bonds is 10. The quantitative estimate of drug-likeness (QED) is 0.211. The predicted octanol–water partition coefficient (Wildman–Crippen LogP) is 5.13. The SMILES string of the molecule is C=CCOc1c(Br)cc(/C=C(\C#N)C(=O)Nc2ccc(C(=O)OCC)cc2)cc1OCC. The van der Waals surface area contributed by atoms with E-state index in [1.165, 1.54) is 18.2 Å². The minimum absolute atomic E-state index is 0.103. The summed E-state index contributed by atoms with van der Waals surface area (Å²) in [7, 11) is 0. The summed E-state index contributed by atoms with van der Waals surface area (Å²) in [5.74, 6) is -0.0487. The van der Waals surface area contributed by atoms with Crippen molar-refractivity contribution in [2.45, 2.75) is 13.8 Å². The summed E-state index contributed by atoms with van der Waals surface area (Å²) >= 11 is 3.44. The van der Waals surface area contributed by atoms with E-state index >= 15 is 0 Å². The average molecular weight is 499 g/mol. The highest BCUT2D eigenvalue weighted by Crippen LogP contribution is 2.37. The normalized spacial score (nSPS) is 10.6. The zero-order valence-corrected chi connectivity index (χ0v) is 19.4.